The van der Waals surface area contributed by atoms with Gasteiger partial charge in [-0.05, 0) is 6.92 Å². The van der Waals surface area contributed by atoms with Crippen LogP contribution in [-0.4, -0.2) is 64.5 Å². The van der Waals surface area contributed by atoms with Gasteiger partial charge in [-0.2, -0.15) is 5.10 Å². The van der Waals surface area contributed by atoms with E-state index < -0.39 is 0 Å². The van der Waals surface area contributed by atoms with E-state index in [4.69, 9.17) is 4.74 Å². The molecule has 1 atom stereocenters. The molecule has 0 saturated carbocycles. The summed E-state index contributed by atoms with van der Waals surface area (Å²) in [6, 6.07) is 0.154. The summed E-state index contributed by atoms with van der Waals surface area (Å²) >= 11 is 0. The fraction of sp³-hybridized carbons (Fsp3) is 0.750. The van der Waals surface area contributed by atoms with Crippen LogP contribution in [0.5, 0.6) is 0 Å². The number of aromatic nitrogens is 3. The van der Waals surface area contributed by atoms with Gasteiger partial charge in [0.25, 0.3) is 0 Å². The van der Waals surface area contributed by atoms with Gasteiger partial charge in [-0.1, -0.05) is 0 Å². The van der Waals surface area contributed by atoms with Gasteiger partial charge in [0.15, 0.2) is 0 Å². The fourth-order valence-corrected chi connectivity index (χ4v) is 2.13. The summed E-state index contributed by atoms with van der Waals surface area (Å²) < 4.78 is 6.96. The molecule has 1 aliphatic heterocycles. The van der Waals surface area contributed by atoms with E-state index in [2.05, 4.69) is 20.3 Å². The largest absolute Gasteiger partial charge is 0.379 e. The van der Waals surface area contributed by atoms with E-state index >= 15 is 0 Å². The second kappa shape index (κ2) is 7.20. The first kappa shape index (κ1) is 14.0. The van der Waals surface area contributed by atoms with E-state index in [0.29, 0.717) is 13.0 Å². The monoisotopic (exact) mass is 267 g/mol. The van der Waals surface area contributed by atoms with Gasteiger partial charge in [0.1, 0.15) is 12.7 Å². The quantitative estimate of drug-likeness (QED) is 0.752. The van der Waals surface area contributed by atoms with E-state index in [1.54, 1.807) is 11.0 Å². The molecule has 1 fully saturated rings. The van der Waals surface area contributed by atoms with Crippen LogP contribution in [0.2, 0.25) is 0 Å². The molecule has 19 heavy (non-hydrogen) atoms. The lowest BCUT2D eigenvalue weighted by molar-refractivity contribution is -0.122. The van der Waals surface area contributed by atoms with Crippen molar-refractivity contribution in [3.8, 4) is 0 Å². The number of rotatable bonds is 6. The van der Waals surface area contributed by atoms with Gasteiger partial charge in [-0.3, -0.25) is 14.4 Å². The third kappa shape index (κ3) is 4.96. The number of amides is 1. The summed E-state index contributed by atoms with van der Waals surface area (Å²) in [5.41, 5.74) is 0. The average Bonchev–Trinajstić information content (AvgIpc) is 2.90. The maximum absolute atomic E-state index is 11.8. The SMILES string of the molecule is C[C@@H](CN1CCOCC1)NC(=O)CCn1cncn1. The minimum atomic E-state index is 0.0521. The number of nitrogens with one attached hydrogen (secondary N) is 1. The number of carbonyl (C=O) groups excluding carboxylic acids is 1. The van der Waals surface area contributed by atoms with Gasteiger partial charge in [0, 0.05) is 32.1 Å². The van der Waals surface area contributed by atoms with Gasteiger partial charge in [0.2, 0.25) is 5.91 Å². The summed E-state index contributed by atoms with van der Waals surface area (Å²) in [7, 11) is 0. The molecule has 0 unspecified atom stereocenters. The molecule has 0 spiro atoms. The highest BCUT2D eigenvalue weighted by atomic mass is 16.5. The summed E-state index contributed by atoms with van der Waals surface area (Å²) in [5.74, 6) is 0.0521. The highest BCUT2D eigenvalue weighted by Crippen LogP contribution is 1.99. The Labute approximate surface area is 112 Å². The zero-order chi connectivity index (χ0) is 13.5. The third-order valence-corrected chi connectivity index (χ3v) is 3.08. The van der Waals surface area contributed by atoms with Crippen LogP contribution in [0.15, 0.2) is 12.7 Å². The molecule has 1 aromatic rings. The molecule has 1 saturated heterocycles. The molecule has 0 aliphatic carbocycles. The molecule has 2 rings (SSSR count). The zero-order valence-corrected chi connectivity index (χ0v) is 11.3. The lowest BCUT2D eigenvalue weighted by atomic mass is 10.2. The van der Waals surface area contributed by atoms with Crippen LogP contribution in [0.3, 0.4) is 0 Å². The first-order valence-electron chi connectivity index (χ1n) is 6.66. The highest BCUT2D eigenvalue weighted by Gasteiger charge is 2.15. The van der Waals surface area contributed by atoms with Crippen LogP contribution in [0.1, 0.15) is 13.3 Å². The Kier molecular flexibility index (Phi) is 5.29. The number of ether oxygens (including phenoxy) is 1. The molecule has 2 heterocycles. The van der Waals surface area contributed by atoms with Crippen LogP contribution in [0.25, 0.3) is 0 Å². The number of morpholine rings is 1. The average molecular weight is 267 g/mol. The lowest BCUT2D eigenvalue weighted by Gasteiger charge is -2.29. The standard InChI is InChI=1S/C12H21N5O2/c1-11(8-16-4-6-19-7-5-16)15-12(18)2-3-17-10-13-9-14-17/h9-11H,2-8H2,1H3,(H,15,18)/t11-/m0/s1. The van der Waals surface area contributed by atoms with Crippen LogP contribution in [0, 0.1) is 0 Å². The highest BCUT2D eigenvalue weighted by molar-refractivity contribution is 5.76. The predicted octanol–water partition coefficient (Wildman–Crippen LogP) is -0.495. The van der Waals surface area contributed by atoms with Crippen LogP contribution in [-0.2, 0) is 16.1 Å². The number of hydrogen-bond donors (Lipinski definition) is 1. The maximum Gasteiger partial charge on any atom is 0.222 e. The summed E-state index contributed by atoms with van der Waals surface area (Å²) in [6.07, 6.45) is 3.51. The Morgan fingerprint density at radius 2 is 2.26 bits per heavy atom. The number of nitrogens with zero attached hydrogens (tertiary/aromatic N) is 4. The van der Waals surface area contributed by atoms with E-state index in [0.717, 1.165) is 32.8 Å². The van der Waals surface area contributed by atoms with Crippen molar-refractivity contribution in [1.29, 1.82) is 0 Å². The predicted molar refractivity (Wildman–Crippen MR) is 69.5 cm³/mol. The van der Waals surface area contributed by atoms with E-state index in [9.17, 15) is 4.79 Å². The van der Waals surface area contributed by atoms with E-state index in [1.807, 2.05) is 6.92 Å². The van der Waals surface area contributed by atoms with Crippen LogP contribution in [0.4, 0.5) is 0 Å². The molecular formula is C12H21N5O2. The number of aryl methyl sites for hydroxylation is 1. The van der Waals surface area contributed by atoms with Gasteiger partial charge >= 0.3 is 0 Å². The Hall–Kier alpha value is -1.47. The second-order valence-corrected chi connectivity index (χ2v) is 4.79. The normalized spacial score (nSPS) is 18.2. The number of hydrogen-bond acceptors (Lipinski definition) is 5. The van der Waals surface area contributed by atoms with Gasteiger partial charge in [-0.25, -0.2) is 4.98 Å². The van der Waals surface area contributed by atoms with Crippen molar-refractivity contribution >= 4 is 5.91 Å². The summed E-state index contributed by atoms with van der Waals surface area (Å²) in [4.78, 5) is 17.9. The molecule has 7 heteroatoms. The smallest absolute Gasteiger partial charge is 0.222 e. The Bertz CT molecular complexity index is 375. The molecule has 7 nitrogen and oxygen atoms in total. The van der Waals surface area contributed by atoms with Crippen molar-refractivity contribution in [2.75, 3.05) is 32.8 Å². The Morgan fingerprint density at radius 3 is 2.95 bits per heavy atom. The van der Waals surface area contributed by atoms with Gasteiger partial charge in [-0.15, -0.1) is 0 Å². The molecule has 0 bridgehead atoms. The second-order valence-electron chi connectivity index (χ2n) is 4.79. The molecule has 1 N–H and O–H groups in total. The molecule has 1 aromatic heterocycles. The third-order valence-electron chi connectivity index (χ3n) is 3.08. The molecule has 1 aliphatic rings. The topological polar surface area (TPSA) is 72.3 Å². The van der Waals surface area contributed by atoms with E-state index in [-0.39, 0.29) is 11.9 Å². The maximum atomic E-state index is 11.8. The minimum absolute atomic E-state index is 0.0521. The van der Waals surface area contributed by atoms with Crippen molar-refractivity contribution < 1.29 is 9.53 Å². The molecular weight excluding hydrogens is 246 g/mol. The summed E-state index contributed by atoms with van der Waals surface area (Å²) in [6.45, 7) is 6.93. The van der Waals surface area contributed by atoms with Gasteiger partial charge < -0.3 is 10.1 Å². The zero-order valence-electron chi connectivity index (χ0n) is 11.3. The molecule has 0 aromatic carbocycles. The van der Waals surface area contributed by atoms with E-state index in [1.165, 1.54) is 6.33 Å². The van der Waals surface area contributed by atoms with Crippen molar-refractivity contribution in [3.05, 3.63) is 12.7 Å². The lowest BCUT2D eigenvalue weighted by Crippen LogP contribution is -2.46. The minimum Gasteiger partial charge on any atom is -0.379 e. The Morgan fingerprint density at radius 1 is 1.47 bits per heavy atom. The summed E-state index contributed by atoms with van der Waals surface area (Å²) in [5, 5.41) is 6.97. The first-order valence-corrected chi connectivity index (χ1v) is 6.66. The van der Waals surface area contributed by atoms with Crippen molar-refractivity contribution in [2.24, 2.45) is 0 Å². The molecule has 106 valence electrons. The van der Waals surface area contributed by atoms with Crippen molar-refractivity contribution in [1.82, 2.24) is 25.0 Å². The van der Waals surface area contributed by atoms with Crippen molar-refractivity contribution in [3.63, 3.8) is 0 Å². The van der Waals surface area contributed by atoms with Crippen molar-refractivity contribution in [2.45, 2.75) is 25.9 Å². The van der Waals surface area contributed by atoms with Crippen LogP contribution >= 0.6 is 0 Å². The molecule has 0 radical (unpaired) electrons. The molecule has 1 amide bonds. The van der Waals surface area contributed by atoms with Gasteiger partial charge in [0.05, 0.1) is 19.8 Å². The fourth-order valence-electron chi connectivity index (χ4n) is 2.13. The first-order chi connectivity index (χ1) is 9.24. The Balaban J connectivity index is 1.63. The number of carbonyl (C=O) groups is 1. The van der Waals surface area contributed by atoms with Crippen LogP contribution < -0.4 is 5.32 Å².